The number of fused-ring (bicyclic) bond motifs is 1. The molecule has 7 N–H and O–H groups in total. The Morgan fingerprint density at radius 2 is 1.56 bits per heavy atom. The van der Waals surface area contributed by atoms with E-state index in [0.717, 1.165) is 11.1 Å². The van der Waals surface area contributed by atoms with Gasteiger partial charge in [-0.25, -0.2) is 4.79 Å². The maximum absolute atomic E-state index is 14.0. The Kier molecular flexibility index (Phi) is 11.1. The number of amides is 4. The van der Waals surface area contributed by atoms with Crippen molar-refractivity contribution in [1.82, 2.24) is 26.2 Å². The Balaban J connectivity index is 1.47. The van der Waals surface area contributed by atoms with Crippen LogP contribution in [-0.2, 0) is 29.2 Å². The molecule has 1 aliphatic heterocycles. The van der Waals surface area contributed by atoms with Gasteiger partial charge in [0.05, 0.1) is 0 Å². The van der Waals surface area contributed by atoms with Crippen LogP contribution in [0.3, 0.4) is 0 Å². The second-order valence-electron chi connectivity index (χ2n) is 10.3. The van der Waals surface area contributed by atoms with E-state index in [1.807, 2.05) is 42.5 Å². The first-order valence-electron chi connectivity index (χ1n) is 14.4. The lowest BCUT2D eigenvalue weighted by Gasteiger charge is -2.29. The molecule has 0 aliphatic carbocycles. The number of aliphatic imine (C=N–C) groups is 1. The highest BCUT2D eigenvalue weighted by molar-refractivity contribution is 5.95. The molecule has 11 heteroatoms. The van der Waals surface area contributed by atoms with Crippen LogP contribution in [0.4, 0.5) is 4.79 Å². The fourth-order valence-corrected chi connectivity index (χ4v) is 5.01. The molecule has 4 amide bonds. The van der Waals surface area contributed by atoms with Gasteiger partial charge in [0.2, 0.25) is 11.8 Å². The number of carbonyl (C=O) groups excluding carboxylic acids is 3. The largest absolute Gasteiger partial charge is 0.508 e. The maximum atomic E-state index is 14.0. The second kappa shape index (κ2) is 15.4. The molecule has 0 fully saturated rings. The van der Waals surface area contributed by atoms with Crippen LogP contribution < -0.4 is 27.0 Å². The Morgan fingerprint density at radius 1 is 0.907 bits per heavy atom. The number of aromatic hydroxyl groups is 1. The van der Waals surface area contributed by atoms with Gasteiger partial charge in [0.1, 0.15) is 17.8 Å². The summed E-state index contributed by atoms with van der Waals surface area (Å²) in [5.41, 5.74) is 9.80. The average Bonchev–Trinajstić information content (AvgIpc) is 3.42. The van der Waals surface area contributed by atoms with Crippen molar-refractivity contribution in [2.24, 2.45) is 10.7 Å². The van der Waals surface area contributed by atoms with Crippen LogP contribution in [0.25, 0.3) is 0 Å². The molecular formula is C32H39N7O4. The summed E-state index contributed by atoms with van der Waals surface area (Å²) in [6.07, 6.45) is 0.729. The van der Waals surface area contributed by atoms with Crippen molar-refractivity contribution in [3.8, 4) is 5.75 Å². The standard InChI is InChI=1S/C32H39N7O4/c1-2-34-32(43)38-31(33)35-18-8-13-27(29(41)36-19-22-14-16-26(40)17-15-22)37-30(42)28(23-9-4-3-5-10-23)39-20-24-11-6-7-12-25(24)21-39/h3-7,9-12,14-17,27-28,40H,2,8,13,18-21H2,1H3,(H,36,41)(H,37,42)(H4,33,34,35,38,43)/t27-,28?/m1/s1. The van der Waals surface area contributed by atoms with Gasteiger partial charge in [0.25, 0.3) is 0 Å². The van der Waals surface area contributed by atoms with Gasteiger partial charge in [-0.15, -0.1) is 0 Å². The molecule has 1 heterocycles. The maximum Gasteiger partial charge on any atom is 0.321 e. The molecule has 0 aromatic heterocycles. The van der Waals surface area contributed by atoms with E-state index in [9.17, 15) is 19.5 Å². The van der Waals surface area contributed by atoms with Crippen LogP contribution in [0.5, 0.6) is 5.75 Å². The number of phenols is 1. The molecule has 1 unspecified atom stereocenters. The molecule has 11 nitrogen and oxygen atoms in total. The number of urea groups is 1. The molecule has 0 bridgehead atoms. The summed E-state index contributed by atoms with van der Waals surface area (Å²) in [7, 11) is 0. The molecule has 4 rings (SSSR count). The first kappa shape index (κ1) is 31.0. The second-order valence-corrected chi connectivity index (χ2v) is 10.3. The van der Waals surface area contributed by atoms with Crippen LogP contribution in [-0.4, -0.2) is 52.9 Å². The first-order chi connectivity index (χ1) is 20.8. The monoisotopic (exact) mass is 585 g/mol. The summed E-state index contributed by atoms with van der Waals surface area (Å²) >= 11 is 0. The summed E-state index contributed by atoms with van der Waals surface area (Å²) < 4.78 is 0. The molecule has 0 saturated carbocycles. The smallest absolute Gasteiger partial charge is 0.321 e. The summed E-state index contributed by atoms with van der Waals surface area (Å²) in [4.78, 5) is 45.3. The van der Waals surface area contributed by atoms with E-state index in [4.69, 9.17) is 5.73 Å². The van der Waals surface area contributed by atoms with E-state index >= 15 is 0 Å². The number of hydrogen-bond acceptors (Lipinski definition) is 6. The van der Waals surface area contributed by atoms with Gasteiger partial charge in [0.15, 0.2) is 5.96 Å². The summed E-state index contributed by atoms with van der Waals surface area (Å²) in [5, 5.41) is 20.5. The predicted molar refractivity (Wildman–Crippen MR) is 165 cm³/mol. The van der Waals surface area contributed by atoms with Gasteiger partial charge in [-0.3, -0.25) is 24.8 Å². The number of hydrogen-bond donors (Lipinski definition) is 6. The van der Waals surface area contributed by atoms with Gasteiger partial charge >= 0.3 is 6.03 Å². The predicted octanol–water partition coefficient (Wildman–Crippen LogP) is 2.66. The van der Waals surface area contributed by atoms with Crippen molar-refractivity contribution in [3.63, 3.8) is 0 Å². The zero-order valence-corrected chi connectivity index (χ0v) is 24.3. The SMILES string of the molecule is CCNC(=O)NC(N)=NCCC[C@@H](NC(=O)C(c1ccccc1)N1Cc2ccccc2C1)C(=O)NCc1ccc(O)cc1. The number of rotatable bonds is 12. The molecule has 2 atom stereocenters. The number of phenolic OH excluding ortho intramolecular Hbond substituents is 1. The number of carbonyl (C=O) groups is 3. The summed E-state index contributed by atoms with van der Waals surface area (Å²) in [6.45, 7) is 3.96. The van der Waals surface area contributed by atoms with Crippen molar-refractivity contribution in [2.45, 2.75) is 51.5 Å². The third kappa shape index (κ3) is 9.04. The fourth-order valence-electron chi connectivity index (χ4n) is 5.01. The van der Waals surface area contributed by atoms with Gasteiger partial charge in [0, 0.05) is 32.7 Å². The average molecular weight is 586 g/mol. The number of guanidine groups is 1. The highest BCUT2D eigenvalue weighted by atomic mass is 16.3. The van der Waals surface area contributed by atoms with E-state index in [2.05, 4.69) is 43.3 Å². The quantitative estimate of drug-likeness (QED) is 0.109. The Hall–Kier alpha value is -4.90. The highest BCUT2D eigenvalue weighted by Gasteiger charge is 2.34. The lowest BCUT2D eigenvalue weighted by Crippen LogP contribution is -2.50. The van der Waals surface area contributed by atoms with Crippen molar-refractivity contribution in [1.29, 1.82) is 0 Å². The van der Waals surface area contributed by atoms with E-state index in [-0.39, 0.29) is 36.6 Å². The van der Waals surface area contributed by atoms with Crippen LogP contribution in [0.1, 0.15) is 48.1 Å². The minimum absolute atomic E-state index is 0.0268. The molecular weight excluding hydrogens is 546 g/mol. The van der Waals surface area contributed by atoms with Gasteiger partial charge < -0.3 is 26.8 Å². The van der Waals surface area contributed by atoms with Gasteiger partial charge in [-0.05, 0) is 54.2 Å². The van der Waals surface area contributed by atoms with Crippen LogP contribution in [0.15, 0.2) is 83.9 Å². The number of benzene rings is 3. The van der Waals surface area contributed by atoms with Gasteiger partial charge in [-0.1, -0.05) is 66.7 Å². The first-order valence-corrected chi connectivity index (χ1v) is 14.4. The minimum atomic E-state index is -0.839. The van der Waals surface area contributed by atoms with E-state index in [1.165, 1.54) is 11.1 Å². The van der Waals surface area contributed by atoms with E-state index < -0.39 is 18.1 Å². The molecule has 226 valence electrons. The molecule has 43 heavy (non-hydrogen) atoms. The zero-order valence-electron chi connectivity index (χ0n) is 24.3. The van der Waals surface area contributed by atoms with Crippen LogP contribution in [0, 0.1) is 0 Å². The van der Waals surface area contributed by atoms with Gasteiger partial charge in [-0.2, -0.15) is 0 Å². The third-order valence-corrected chi connectivity index (χ3v) is 7.14. The van der Waals surface area contributed by atoms with Crippen molar-refractivity contribution in [2.75, 3.05) is 13.1 Å². The van der Waals surface area contributed by atoms with Crippen LogP contribution in [0.2, 0.25) is 0 Å². The Labute approximate surface area is 251 Å². The zero-order chi connectivity index (χ0) is 30.6. The number of nitrogens with one attached hydrogen (secondary N) is 4. The third-order valence-electron chi connectivity index (χ3n) is 7.14. The Bertz CT molecular complexity index is 1390. The van der Waals surface area contributed by atoms with Crippen molar-refractivity contribution in [3.05, 3.63) is 101 Å². The number of nitrogens with zero attached hydrogens (tertiary/aromatic N) is 2. The van der Waals surface area contributed by atoms with E-state index in [1.54, 1.807) is 31.2 Å². The minimum Gasteiger partial charge on any atom is -0.508 e. The molecule has 0 radical (unpaired) electrons. The number of nitrogens with two attached hydrogens (primary N) is 1. The molecule has 0 spiro atoms. The van der Waals surface area contributed by atoms with E-state index in [0.29, 0.717) is 32.5 Å². The summed E-state index contributed by atoms with van der Waals surface area (Å²) in [5.74, 6) is -0.501. The lowest BCUT2D eigenvalue weighted by atomic mass is 10.0. The lowest BCUT2D eigenvalue weighted by molar-refractivity contribution is -0.132. The highest BCUT2D eigenvalue weighted by Crippen LogP contribution is 2.31. The Morgan fingerprint density at radius 3 is 2.21 bits per heavy atom. The van der Waals surface area contributed by atoms with Crippen molar-refractivity contribution >= 4 is 23.8 Å². The fraction of sp³-hybridized carbons (Fsp3) is 0.312. The molecule has 0 saturated heterocycles. The van der Waals surface area contributed by atoms with Crippen molar-refractivity contribution < 1.29 is 19.5 Å². The normalized spacial score (nSPS) is 14.3. The van der Waals surface area contributed by atoms with Crippen LogP contribution >= 0.6 is 0 Å². The molecule has 3 aromatic rings. The molecule has 3 aromatic carbocycles. The topological polar surface area (TPSA) is 161 Å². The summed E-state index contributed by atoms with van der Waals surface area (Å²) in [6, 6.07) is 22.3. The molecule has 1 aliphatic rings.